The first-order chi connectivity index (χ1) is 9.31. The maximum absolute atomic E-state index is 13.0. The predicted molar refractivity (Wildman–Crippen MR) is 78.2 cm³/mol. The number of anilines is 1. The third kappa shape index (κ3) is 3.06. The standard InChI is InChI=1S/C13H10Cl2FNO2S/c14-10-2-1-3-12(17)13(10)20(18,19)7-8-4-5-9(16)6-11(8)15/h1-6H,7,17H2. The SMILES string of the molecule is Nc1cccc(Cl)c1S(=O)(=O)Cc1ccc(F)cc1Cl. The molecule has 0 fully saturated rings. The zero-order valence-electron chi connectivity index (χ0n) is 10.1. The molecule has 0 aliphatic heterocycles. The van der Waals surface area contributed by atoms with Crippen LogP contribution in [-0.2, 0) is 15.6 Å². The number of halogens is 3. The van der Waals surface area contributed by atoms with Crippen LogP contribution in [0.2, 0.25) is 10.0 Å². The molecule has 0 aromatic heterocycles. The Morgan fingerprint density at radius 2 is 1.80 bits per heavy atom. The fraction of sp³-hybridized carbons (Fsp3) is 0.0769. The lowest BCUT2D eigenvalue weighted by molar-refractivity contribution is 0.595. The van der Waals surface area contributed by atoms with Crippen LogP contribution in [0.4, 0.5) is 10.1 Å². The lowest BCUT2D eigenvalue weighted by Gasteiger charge is -2.10. The Bertz CT molecular complexity index is 743. The van der Waals surface area contributed by atoms with Gasteiger partial charge in [0.15, 0.2) is 9.84 Å². The van der Waals surface area contributed by atoms with Gasteiger partial charge in [-0.2, -0.15) is 0 Å². The molecule has 0 aliphatic rings. The molecule has 2 aromatic carbocycles. The molecule has 0 heterocycles. The minimum Gasteiger partial charge on any atom is -0.398 e. The van der Waals surface area contributed by atoms with E-state index in [0.717, 1.165) is 12.1 Å². The van der Waals surface area contributed by atoms with Crippen LogP contribution in [0.5, 0.6) is 0 Å². The average Bonchev–Trinajstić information content (AvgIpc) is 2.32. The minimum atomic E-state index is -3.77. The Kier molecular flexibility index (Phi) is 4.22. The molecule has 0 saturated carbocycles. The summed E-state index contributed by atoms with van der Waals surface area (Å²) in [6, 6.07) is 7.97. The van der Waals surface area contributed by atoms with Gasteiger partial charge in [-0.15, -0.1) is 0 Å². The van der Waals surface area contributed by atoms with Crippen LogP contribution in [0.25, 0.3) is 0 Å². The number of nitrogens with two attached hydrogens (primary N) is 1. The monoisotopic (exact) mass is 333 g/mol. The molecule has 0 radical (unpaired) electrons. The van der Waals surface area contributed by atoms with Gasteiger partial charge in [-0.05, 0) is 29.8 Å². The van der Waals surface area contributed by atoms with Crippen molar-refractivity contribution < 1.29 is 12.8 Å². The summed E-state index contributed by atoms with van der Waals surface area (Å²) in [4.78, 5) is -0.137. The molecule has 0 saturated heterocycles. The largest absolute Gasteiger partial charge is 0.398 e. The molecular formula is C13H10Cl2FNO2S. The van der Waals surface area contributed by atoms with E-state index in [1.807, 2.05) is 0 Å². The maximum Gasteiger partial charge on any atom is 0.186 e. The molecule has 7 heteroatoms. The van der Waals surface area contributed by atoms with Gasteiger partial charge in [-0.25, -0.2) is 12.8 Å². The van der Waals surface area contributed by atoms with Gasteiger partial charge >= 0.3 is 0 Å². The van der Waals surface area contributed by atoms with Gasteiger partial charge in [0.25, 0.3) is 0 Å². The third-order valence-electron chi connectivity index (χ3n) is 2.67. The van der Waals surface area contributed by atoms with E-state index >= 15 is 0 Å². The first kappa shape index (κ1) is 15.1. The van der Waals surface area contributed by atoms with Crippen LogP contribution in [-0.4, -0.2) is 8.42 Å². The van der Waals surface area contributed by atoms with E-state index in [-0.39, 0.29) is 26.2 Å². The summed E-state index contributed by atoms with van der Waals surface area (Å²) in [6.07, 6.45) is 0. The summed E-state index contributed by atoms with van der Waals surface area (Å²) in [5.41, 5.74) is 6.02. The molecule has 3 nitrogen and oxygen atoms in total. The molecule has 2 N–H and O–H groups in total. The average molecular weight is 334 g/mol. The van der Waals surface area contributed by atoms with E-state index in [0.29, 0.717) is 0 Å². The van der Waals surface area contributed by atoms with Crippen molar-refractivity contribution in [1.29, 1.82) is 0 Å². The van der Waals surface area contributed by atoms with E-state index in [1.54, 1.807) is 6.07 Å². The van der Waals surface area contributed by atoms with E-state index in [4.69, 9.17) is 28.9 Å². The van der Waals surface area contributed by atoms with Crippen LogP contribution in [0.1, 0.15) is 5.56 Å². The van der Waals surface area contributed by atoms with Crippen molar-refractivity contribution in [3.63, 3.8) is 0 Å². The number of rotatable bonds is 3. The Labute approximate surface area is 126 Å². The molecule has 0 unspecified atom stereocenters. The lowest BCUT2D eigenvalue weighted by atomic mass is 10.2. The highest BCUT2D eigenvalue weighted by molar-refractivity contribution is 7.91. The lowest BCUT2D eigenvalue weighted by Crippen LogP contribution is -2.09. The second-order valence-corrected chi connectivity index (χ2v) is 6.89. The molecule has 2 aromatic rings. The van der Waals surface area contributed by atoms with Gasteiger partial charge < -0.3 is 5.73 Å². The molecular weight excluding hydrogens is 324 g/mol. The predicted octanol–water partition coefficient (Wildman–Crippen LogP) is 3.69. The number of hydrogen-bond donors (Lipinski definition) is 1. The molecule has 20 heavy (non-hydrogen) atoms. The van der Waals surface area contributed by atoms with Crippen LogP contribution < -0.4 is 5.73 Å². The molecule has 2 rings (SSSR count). The first-order valence-electron chi connectivity index (χ1n) is 5.52. The Morgan fingerprint density at radius 1 is 1.10 bits per heavy atom. The maximum atomic E-state index is 13.0. The summed E-state index contributed by atoms with van der Waals surface area (Å²) in [5, 5.41) is 0.0856. The summed E-state index contributed by atoms with van der Waals surface area (Å²) in [6.45, 7) is 0. The zero-order valence-corrected chi connectivity index (χ0v) is 12.4. The van der Waals surface area contributed by atoms with E-state index < -0.39 is 21.4 Å². The van der Waals surface area contributed by atoms with Crippen LogP contribution in [0.3, 0.4) is 0 Å². The fourth-order valence-electron chi connectivity index (χ4n) is 1.77. The third-order valence-corrected chi connectivity index (χ3v) is 5.22. The van der Waals surface area contributed by atoms with Crippen molar-refractivity contribution in [2.45, 2.75) is 10.6 Å². The number of benzene rings is 2. The summed E-state index contributed by atoms with van der Waals surface area (Å²) in [5.74, 6) is -0.937. The Hall–Kier alpha value is -1.30. The van der Waals surface area contributed by atoms with Crippen molar-refractivity contribution in [2.75, 3.05) is 5.73 Å². The molecule has 106 valence electrons. The second-order valence-electron chi connectivity index (χ2n) is 4.15. The van der Waals surface area contributed by atoms with E-state index in [9.17, 15) is 12.8 Å². The fourth-order valence-corrected chi connectivity index (χ4v) is 4.21. The first-order valence-corrected chi connectivity index (χ1v) is 7.93. The highest BCUT2D eigenvalue weighted by atomic mass is 35.5. The van der Waals surface area contributed by atoms with E-state index in [2.05, 4.69) is 0 Å². The number of hydrogen-bond acceptors (Lipinski definition) is 3. The quantitative estimate of drug-likeness (QED) is 0.871. The van der Waals surface area contributed by atoms with Crippen LogP contribution in [0, 0.1) is 5.82 Å². The molecule has 0 aliphatic carbocycles. The van der Waals surface area contributed by atoms with Crippen molar-refractivity contribution in [2.24, 2.45) is 0 Å². The van der Waals surface area contributed by atoms with E-state index in [1.165, 1.54) is 18.2 Å². The smallest absolute Gasteiger partial charge is 0.186 e. The van der Waals surface area contributed by atoms with Crippen LogP contribution in [0.15, 0.2) is 41.3 Å². The molecule has 0 bridgehead atoms. The minimum absolute atomic E-state index is 0.0409. The summed E-state index contributed by atoms with van der Waals surface area (Å²) >= 11 is 11.7. The van der Waals surface area contributed by atoms with Gasteiger partial charge in [0.1, 0.15) is 10.7 Å². The van der Waals surface area contributed by atoms with Crippen molar-refractivity contribution in [3.05, 3.63) is 57.8 Å². The summed E-state index contributed by atoms with van der Waals surface area (Å²) in [7, 11) is -3.77. The highest BCUT2D eigenvalue weighted by Crippen LogP contribution is 2.31. The number of sulfone groups is 1. The van der Waals surface area contributed by atoms with Crippen LogP contribution >= 0.6 is 23.2 Å². The normalized spacial score (nSPS) is 11.6. The summed E-state index contributed by atoms with van der Waals surface area (Å²) < 4.78 is 37.7. The van der Waals surface area contributed by atoms with Gasteiger partial charge in [0, 0.05) is 5.02 Å². The highest BCUT2D eigenvalue weighted by Gasteiger charge is 2.22. The van der Waals surface area contributed by atoms with Gasteiger partial charge in [0.05, 0.1) is 16.5 Å². The second kappa shape index (κ2) is 5.60. The molecule has 0 spiro atoms. The van der Waals surface area contributed by atoms with Crippen molar-refractivity contribution >= 4 is 38.7 Å². The van der Waals surface area contributed by atoms with Gasteiger partial charge in [-0.3, -0.25) is 0 Å². The Morgan fingerprint density at radius 3 is 2.40 bits per heavy atom. The molecule has 0 atom stereocenters. The van der Waals surface area contributed by atoms with Gasteiger partial charge in [-0.1, -0.05) is 35.3 Å². The Balaban J connectivity index is 2.46. The number of nitrogen functional groups attached to an aromatic ring is 1. The van der Waals surface area contributed by atoms with Gasteiger partial charge in [0.2, 0.25) is 0 Å². The topological polar surface area (TPSA) is 60.2 Å². The zero-order chi connectivity index (χ0) is 14.9. The molecule has 0 amide bonds. The van der Waals surface area contributed by atoms with Crippen molar-refractivity contribution in [3.8, 4) is 0 Å². The van der Waals surface area contributed by atoms with Crippen molar-refractivity contribution in [1.82, 2.24) is 0 Å².